The van der Waals surface area contributed by atoms with Crippen LogP contribution in [0.3, 0.4) is 0 Å². The maximum Gasteiger partial charge on any atom is 0.330 e. The van der Waals surface area contributed by atoms with E-state index >= 15 is 0 Å². The number of aryl methyl sites for hydroxylation is 2. The second-order valence-electron chi connectivity index (χ2n) is 23.3. The summed E-state index contributed by atoms with van der Waals surface area (Å²) in [5, 5.41) is 16.8. The second kappa shape index (κ2) is 28.9. The molecule has 2 saturated heterocycles. The van der Waals surface area contributed by atoms with E-state index in [1.807, 2.05) is 59.7 Å². The third-order valence-electron chi connectivity index (χ3n) is 14.8. The van der Waals surface area contributed by atoms with E-state index in [0.29, 0.717) is 17.7 Å². The Bertz CT molecular complexity index is 3040. The summed E-state index contributed by atoms with van der Waals surface area (Å²) in [6.45, 7) is 21.5. The summed E-state index contributed by atoms with van der Waals surface area (Å²) in [5.74, 6) is 5.80. The maximum absolute atomic E-state index is 13.1. The fraction of sp³-hybridized carbons (Fsp3) is 0.516. The van der Waals surface area contributed by atoms with Crippen LogP contribution >= 0.6 is 0 Å². The zero-order chi connectivity index (χ0) is 58.9. The van der Waals surface area contributed by atoms with Gasteiger partial charge in [-0.25, -0.2) is 44.7 Å². The van der Waals surface area contributed by atoms with Crippen molar-refractivity contribution < 1.29 is 23.5 Å². The minimum Gasteiger partial charge on any atom is -0.459 e. The van der Waals surface area contributed by atoms with Crippen molar-refractivity contribution >= 4 is 52.7 Å². The van der Waals surface area contributed by atoms with Crippen LogP contribution in [0.25, 0.3) is 0 Å². The Morgan fingerprint density at radius 3 is 1.55 bits per heavy atom. The van der Waals surface area contributed by atoms with Gasteiger partial charge in [0, 0.05) is 99.1 Å². The molecular weight excluding hydrogens is 1050 g/mol. The Morgan fingerprint density at radius 1 is 0.639 bits per heavy atom. The molecule has 4 aliphatic heterocycles. The number of nitrogens with two attached hydrogens (primary N) is 1. The minimum atomic E-state index is -0.772. The highest BCUT2D eigenvalue weighted by atomic mass is 19.1. The molecule has 20 nitrogen and oxygen atoms in total. The first kappa shape index (κ1) is 61.3. The number of nitrogens with one attached hydrogen (secondary N) is 5. The van der Waals surface area contributed by atoms with Gasteiger partial charge in [0.25, 0.3) is 0 Å². The highest BCUT2D eigenvalue weighted by Crippen LogP contribution is 2.36. The van der Waals surface area contributed by atoms with Crippen LogP contribution in [-0.2, 0) is 44.7 Å². The first-order chi connectivity index (χ1) is 39.9. The molecule has 10 heterocycles. The average Bonchev–Trinajstić information content (AvgIpc) is 3.69. The lowest BCUT2D eigenvalue weighted by atomic mass is 9.92. The largest absolute Gasteiger partial charge is 0.459 e. The molecule has 2 atom stereocenters. The molecule has 0 unspecified atom stereocenters. The van der Waals surface area contributed by atoms with Gasteiger partial charge in [-0.3, -0.25) is 4.79 Å². The number of pyridine rings is 4. The van der Waals surface area contributed by atoms with Crippen molar-refractivity contribution in [2.75, 3.05) is 88.7 Å². The molecule has 0 saturated carbocycles. The SMILES string of the molecule is CCc1c(NC[C@H](N)C(=O)OC(C)(C)C)ncnc1N1CCC(c2ccc3c(n2)NCCC3)CC1.CCc1c(NC[C@H](Nc2ccccn2)C(=O)OC(C)(C)C)ncnc1N1CCC(c2ccc3c(n2)NCCC3)CC1.Fc1ccccn1. The van der Waals surface area contributed by atoms with Crippen LogP contribution in [0.4, 0.5) is 45.1 Å². The van der Waals surface area contributed by atoms with E-state index in [1.165, 1.54) is 47.6 Å². The number of fused-ring (bicyclic) bond motifs is 2. The lowest BCUT2D eigenvalue weighted by Gasteiger charge is -2.34. The fourth-order valence-corrected chi connectivity index (χ4v) is 10.6. The van der Waals surface area contributed by atoms with Crippen LogP contribution in [-0.4, -0.2) is 127 Å². The third kappa shape index (κ3) is 17.6. The number of ether oxygens (including phenoxy) is 2. The lowest BCUT2D eigenvalue weighted by Crippen LogP contribution is -2.42. The number of hydrogen-bond acceptors (Lipinski definition) is 20. The molecule has 83 heavy (non-hydrogen) atoms. The molecule has 0 radical (unpaired) electrons. The van der Waals surface area contributed by atoms with Crippen LogP contribution < -0.4 is 42.1 Å². The van der Waals surface area contributed by atoms with Gasteiger partial charge in [-0.1, -0.05) is 38.1 Å². The van der Waals surface area contributed by atoms with Gasteiger partial charge < -0.3 is 51.6 Å². The van der Waals surface area contributed by atoms with E-state index < -0.39 is 35.2 Å². The first-order valence-corrected chi connectivity index (χ1v) is 29.5. The van der Waals surface area contributed by atoms with Crippen molar-refractivity contribution in [1.82, 2.24) is 39.9 Å². The van der Waals surface area contributed by atoms with Crippen LogP contribution in [0.5, 0.6) is 0 Å². The number of piperidine rings is 2. The summed E-state index contributed by atoms with van der Waals surface area (Å²) in [4.78, 5) is 65.9. The summed E-state index contributed by atoms with van der Waals surface area (Å²) in [5.41, 5.74) is 12.0. The van der Waals surface area contributed by atoms with E-state index in [1.54, 1.807) is 31.0 Å². The van der Waals surface area contributed by atoms with Gasteiger partial charge in [-0.05, 0) is 153 Å². The van der Waals surface area contributed by atoms with E-state index in [-0.39, 0.29) is 19.1 Å². The van der Waals surface area contributed by atoms with Gasteiger partial charge in [0.1, 0.15) is 76.7 Å². The summed E-state index contributed by atoms with van der Waals surface area (Å²) in [7, 11) is 0. The number of aromatic nitrogens is 8. The molecule has 444 valence electrons. The predicted molar refractivity (Wildman–Crippen MR) is 326 cm³/mol. The van der Waals surface area contributed by atoms with Gasteiger partial charge in [0.2, 0.25) is 5.95 Å². The zero-order valence-electron chi connectivity index (χ0n) is 49.7. The Hall–Kier alpha value is -7.81. The molecule has 10 rings (SSSR count). The Balaban J connectivity index is 0.000000196. The van der Waals surface area contributed by atoms with Crippen LogP contribution in [0.2, 0.25) is 0 Å². The molecule has 4 aliphatic rings. The molecule has 0 aromatic carbocycles. The number of anilines is 7. The third-order valence-corrected chi connectivity index (χ3v) is 14.8. The quantitative estimate of drug-likeness (QED) is 0.0390. The number of carbonyl (C=O) groups excluding carboxylic acids is 2. The van der Waals surface area contributed by atoms with E-state index in [0.717, 1.165) is 137 Å². The number of rotatable bonds is 16. The monoisotopic (exact) mass is 1140 g/mol. The van der Waals surface area contributed by atoms with Gasteiger partial charge in [0.15, 0.2) is 0 Å². The fourth-order valence-electron chi connectivity index (χ4n) is 10.6. The van der Waals surface area contributed by atoms with Crippen molar-refractivity contribution in [2.24, 2.45) is 5.73 Å². The smallest absolute Gasteiger partial charge is 0.330 e. The normalized spacial score (nSPS) is 16.1. The molecule has 21 heteroatoms. The molecule has 6 aromatic rings. The topological polar surface area (TPSA) is 248 Å². The van der Waals surface area contributed by atoms with Gasteiger partial charge in [-0.15, -0.1) is 0 Å². The van der Waals surface area contributed by atoms with Crippen LogP contribution in [0.1, 0.15) is 139 Å². The molecule has 0 spiro atoms. The minimum absolute atomic E-state index is 0.248. The Kier molecular flexibility index (Phi) is 21.4. The Morgan fingerprint density at radius 2 is 1.12 bits per heavy atom. The molecule has 0 aliphatic carbocycles. The summed E-state index contributed by atoms with van der Waals surface area (Å²) < 4.78 is 22.9. The zero-order valence-corrected chi connectivity index (χ0v) is 49.7. The number of nitrogens with zero attached hydrogens (tertiary/aromatic N) is 10. The Labute approximate surface area is 488 Å². The first-order valence-electron chi connectivity index (χ1n) is 29.5. The number of hydrogen-bond donors (Lipinski definition) is 6. The van der Waals surface area contributed by atoms with Crippen molar-refractivity contribution in [1.29, 1.82) is 0 Å². The molecule has 2 fully saturated rings. The second-order valence-corrected chi connectivity index (χ2v) is 23.3. The van der Waals surface area contributed by atoms with E-state index in [4.69, 9.17) is 30.2 Å². The van der Waals surface area contributed by atoms with Gasteiger partial charge in [-0.2, -0.15) is 4.39 Å². The van der Waals surface area contributed by atoms with E-state index in [9.17, 15) is 14.0 Å². The highest BCUT2D eigenvalue weighted by Gasteiger charge is 2.30. The van der Waals surface area contributed by atoms with Crippen molar-refractivity contribution in [3.05, 3.63) is 125 Å². The molecular formula is C62H85FN16O4. The van der Waals surface area contributed by atoms with Gasteiger partial charge in [0.05, 0.1) is 0 Å². The standard InChI is InChI=1S/C31H42N8O2.C26H39N7O2.C5H4FN/c1-5-23-28(34-19-25(30(40)41-31(2,3)4)37-26-10-6-7-15-32-26)35-20-36-29(23)39-17-13-21(14-18-39)24-12-11-22-9-8-16-33-27(22)38-24;1-5-19-23(29-15-20(27)25(34)35-26(2,3)4)30-16-31-24(19)33-13-10-17(11-14-33)21-9-8-18-7-6-12-28-22(18)32-21;6-5-3-1-2-4-7-5/h6-7,10-12,15,20-21,25H,5,8-9,13-14,16-19H2,1-4H3,(H,32,37)(H,33,38)(H,34,35,36);8-9,16-17,20H,5-7,10-15,27H2,1-4H3,(H,28,32)(H,29,30,31);1-4H/t25-;20-;/m00./s1. The van der Waals surface area contributed by atoms with Crippen molar-refractivity contribution in [3.8, 4) is 0 Å². The lowest BCUT2D eigenvalue weighted by molar-refractivity contribution is -0.156. The van der Waals surface area contributed by atoms with Crippen molar-refractivity contribution in [2.45, 2.75) is 155 Å². The number of esters is 2. The summed E-state index contributed by atoms with van der Waals surface area (Å²) in [6, 6.07) is 17.6. The summed E-state index contributed by atoms with van der Waals surface area (Å²) >= 11 is 0. The van der Waals surface area contributed by atoms with Gasteiger partial charge >= 0.3 is 11.9 Å². The van der Waals surface area contributed by atoms with Crippen LogP contribution in [0, 0.1) is 5.95 Å². The molecule has 0 amide bonds. The predicted octanol–water partition coefficient (Wildman–Crippen LogP) is 9.28. The number of carbonyl (C=O) groups is 2. The molecule has 0 bridgehead atoms. The average molecular weight is 1140 g/mol. The van der Waals surface area contributed by atoms with Crippen molar-refractivity contribution in [3.63, 3.8) is 0 Å². The molecule has 7 N–H and O–H groups in total. The number of halogens is 1. The highest BCUT2D eigenvalue weighted by molar-refractivity contribution is 5.80. The van der Waals surface area contributed by atoms with Crippen LogP contribution in [0.15, 0.2) is 85.7 Å². The van der Waals surface area contributed by atoms with E-state index in [2.05, 4.69) is 99.4 Å². The maximum atomic E-state index is 13.1. The summed E-state index contributed by atoms with van der Waals surface area (Å²) in [6.07, 6.45) is 16.5. The molecule has 6 aromatic heterocycles.